The van der Waals surface area contributed by atoms with Crippen LogP contribution in [0.2, 0.25) is 0 Å². The number of nitrogens with zero attached hydrogens (tertiary/aromatic N) is 1. The van der Waals surface area contributed by atoms with Gasteiger partial charge >= 0.3 is 0 Å². The SMILES string of the molecule is COCCNC(=O)c1ccccc1NC(=O)CCCN(c1ccc(C)cc1)S(C)(=O)=O. The van der Waals surface area contributed by atoms with Crippen LogP contribution in [0.25, 0.3) is 0 Å². The second-order valence-corrected chi connectivity index (χ2v) is 9.02. The van der Waals surface area contributed by atoms with Gasteiger partial charge in [-0.25, -0.2) is 8.42 Å². The molecule has 0 fully saturated rings. The molecule has 2 N–H and O–H groups in total. The van der Waals surface area contributed by atoms with Crippen molar-refractivity contribution in [1.29, 1.82) is 0 Å². The van der Waals surface area contributed by atoms with Crippen molar-refractivity contribution in [1.82, 2.24) is 5.32 Å². The number of amides is 2. The molecule has 0 bridgehead atoms. The number of hydrogen-bond acceptors (Lipinski definition) is 5. The fourth-order valence-electron chi connectivity index (χ4n) is 2.95. The normalized spacial score (nSPS) is 11.1. The van der Waals surface area contributed by atoms with Crippen LogP contribution in [0.15, 0.2) is 48.5 Å². The van der Waals surface area contributed by atoms with Gasteiger partial charge in [0, 0.05) is 26.6 Å². The van der Waals surface area contributed by atoms with E-state index in [0.717, 1.165) is 11.8 Å². The second-order valence-electron chi connectivity index (χ2n) is 7.12. The van der Waals surface area contributed by atoms with Crippen LogP contribution in [0.1, 0.15) is 28.8 Å². The molecule has 0 heterocycles. The Morgan fingerprint density at radius 3 is 2.39 bits per heavy atom. The van der Waals surface area contributed by atoms with Gasteiger partial charge in [0.05, 0.1) is 29.8 Å². The molecule has 0 aliphatic rings. The molecule has 0 unspecified atom stereocenters. The highest BCUT2D eigenvalue weighted by Gasteiger charge is 2.18. The van der Waals surface area contributed by atoms with Gasteiger partial charge in [0.25, 0.3) is 5.91 Å². The maximum absolute atomic E-state index is 12.4. The van der Waals surface area contributed by atoms with Crippen molar-refractivity contribution in [3.05, 3.63) is 59.7 Å². The summed E-state index contributed by atoms with van der Waals surface area (Å²) >= 11 is 0. The van der Waals surface area contributed by atoms with Crippen LogP contribution in [-0.4, -0.2) is 53.3 Å². The summed E-state index contributed by atoms with van der Waals surface area (Å²) < 4.78 is 30.6. The molecule has 2 aromatic carbocycles. The van der Waals surface area contributed by atoms with Gasteiger partial charge in [-0.3, -0.25) is 13.9 Å². The summed E-state index contributed by atoms with van der Waals surface area (Å²) in [6.45, 7) is 2.85. The molecule has 0 saturated carbocycles. The highest BCUT2D eigenvalue weighted by molar-refractivity contribution is 7.92. The molecule has 2 rings (SSSR count). The molecule has 31 heavy (non-hydrogen) atoms. The molecule has 0 aromatic heterocycles. The first kappa shape index (κ1) is 24.4. The second kappa shape index (κ2) is 11.5. The third-order valence-corrected chi connectivity index (χ3v) is 5.72. The topological polar surface area (TPSA) is 105 Å². The molecular weight excluding hydrogens is 418 g/mol. The average Bonchev–Trinajstić information content (AvgIpc) is 2.72. The van der Waals surface area contributed by atoms with E-state index < -0.39 is 10.0 Å². The summed E-state index contributed by atoms with van der Waals surface area (Å²) in [5.74, 6) is -0.606. The Bertz CT molecular complexity index is 990. The summed E-state index contributed by atoms with van der Waals surface area (Å²) in [5, 5.41) is 5.46. The summed E-state index contributed by atoms with van der Waals surface area (Å²) in [5.41, 5.74) is 2.35. The van der Waals surface area contributed by atoms with Crippen molar-refractivity contribution in [2.24, 2.45) is 0 Å². The number of rotatable bonds is 11. The van der Waals surface area contributed by atoms with Gasteiger partial charge in [0.2, 0.25) is 15.9 Å². The quantitative estimate of drug-likeness (QED) is 0.515. The van der Waals surface area contributed by atoms with Crippen LogP contribution in [-0.2, 0) is 19.6 Å². The van der Waals surface area contributed by atoms with E-state index in [-0.39, 0.29) is 24.8 Å². The number of hydrogen-bond donors (Lipinski definition) is 2. The van der Waals surface area contributed by atoms with Crippen molar-refractivity contribution in [3.63, 3.8) is 0 Å². The predicted molar refractivity (Wildman–Crippen MR) is 122 cm³/mol. The van der Waals surface area contributed by atoms with E-state index in [1.54, 1.807) is 43.5 Å². The smallest absolute Gasteiger partial charge is 0.253 e. The molecule has 0 saturated heterocycles. The lowest BCUT2D eigenvalue weighted by molar-refractivity contribution is -0.116. The number of benzene rings is 2. The molecule has 8 nitrogen and oxygen atoms in total. The van der Waals surface area contributed by atoms with Gasteiger partial charge in [0.15, 0.2) is 0 Å². The highest BCUT2D eigenvalue weighted by Crippen LogP contribution is 2.19. The zero-order valence-corrected chi connectivity index (χ0v) is 18.9. The van der Waals surface area contributed by atoms with Crippen molar-refractivity contribution in [2.75, 3.05) is 42.7 Å². The van der Waals surface area contributed by atoms with Crippen molar-refractivity contribution in [3.8, 4) is 0 Å². The third kappa shape index (κ3) is 7.69. The molecular formula is C22H29N3O5S. The van der Waals surface area contributed by atoms with Gasteiger partial charge in [-0.1, -0.05) is 29.8 Å². The molecule has 2 amide bonds. The van der Waals surface area contributed by atoms with Crippen LogP contribution in [0.5, 0.6) is 0 Å². The number of ether oxygens (including phenoxy) is 1. The fourth-order valence-corrected chi connectivity index (χ4v) is 3.91. The first-order chi connectivity index (χ1) is 14.7. The number of methoxy groups -OCH3 is 1. The number of nitrogens with one attached hydrogen (secondary N) is 2. The maximum atomic E-state index is 12.4. The zero-order chi connectivity index (χ0) is 22.9. The van der Waals surface area contributed by atoms with Crippen LogP contribution < -0.4 is 14.9 Å². The molecule has 0 radical (unpaired) electrons. The number of aryl methyl sites for hydroxylation is 1. The van der Waals surface area contributed by atoms with Gasteiger partial charge in [0.1, 0.15) is 0 Å². The predicted octanol–water partition coefficient (Wildman–Crippen LogP) is 2.56. The van der Waals surface area contributed by atoms with Crippen molar-refractivity contribution >= 4 is 33.2 Å². The maximum Gasteiger partial charge on any atom is 0.253 e. The average molecular weight is 448 g/mol. The number of carbonyl (C=O) groups is 2. The first-order valence-electron chi connectivity index (χ1n) is 9.92. The minimum Gasteiger partial charge on any atom is -0.383 e. The summed E-state index contributed by atoms with van der Waals surface area (Å²) in [4.78, 5) is 24.8. The Balaban J connectivity index is 1.97. The highest BCUT2D eigenvalue weighted by atomic mass is 32.2. The molecule has 9 heteroatoms. The van der Waals surface area contributed by atoms with E-state index in [1.807, 2.05) is 19.1 Å². The van der Waals surface area contributed by atoms with E-state index >= 15 is 0 Å². The Kier molecular flexibility index (Phi) is 9.02. The van der Waals surface area contributed by atoms with E-state index in [1.165, 1.54) is 4.31 Å². The van der Waals surface area contributed by atoms with E-state index in [2.05, 4.69) is 10.6 Å². The summed E-state index contributed by atoms with van der Waals surface area (Å²) in [6.07, 6.45) is 1.58. The van der Waals surface area contributed by atoms with Gasteiger partial charge in [-0.15, -0.1) is 0 Å². The third-order valence-electron chi connectivity index (χ3n) is 4.52. The Hall–Kier alpha value is -2.91. The molecule has 0 aliphatic heterocycles. The minimum atomic E-state index is -3.48. The van der Waals surface area contributed by atoms with Gasteiger partial charge in [-0.05, 0) is 37.6 Å². The monoisotopic (exact) mass is 447 g/mol. The molecule has 0 aliphatic carbocycles. The lowest BCUT2D eigenvalue weighted by atomic mass is 10.1. The van der Waals surface area contributed by atoms with Crippen LogP contribution in [0, 0.1) is 6.92 Å². The molecule has 0 spiro atoms. The van der Waals surface area contributed by atoms with E-state index in [0.29, 0.717) is 36.5 Å². The Morgan fingerprint density at radius 2 is 1.74 bits per heavy atom. The standard InChI is InChI=1S/C22H29N3O5S/c1-17-10-12-18(13-11-17)25(31(3,28)29)15-6-9-21(26)24-20-8-5-4-7-19(20)22(27)23-14-16-30-2/h4-5,7-8,10-13H,6,9,14-16H2,1-3H3,(H,23,27)(H,24,26). The number of carbonyl (C=O) groups excluding carboxylic acids is 2. The lowest BCUT2D eigenvalue weighted by Crippen LogP contribution is -2.31. The minimum absolute atomic E-state index is 0.109. The van der Waals surface area contributed by atoms with E-state index in [4.69, 9.17) is 4.74 Å². The fraction of sp³-hybridized carbons (Fsp3) is 0.364. The van der Waals surface area contributed by atoms with E-state index in [9.17, 15) is 18.0 Å². The van der Waals surface area contributed by atoms with Crippen molar-refractivity contribution in [2.45, 2.75) is 19.8 Å². The Morgan fingerprint density at radius 1 is 1.06 bits per heavy atom. The molecule has 0 atom stereocenters. The van der Waals surface area contributed by atoms with Gasteiger partial charge < -0.3 is 15.4 Å². The Labute approximate surface area is 183 Å². The summed E-state index contributed by atoms with van der Waals surface area (Å²) in [6, 6.07) is 13.9. The largest absolute Gasteiger partial charge is 0.383 e. The van der Waals surface area contributed by atoms with Gasteiger partial charge in [-0.2, -0.15) is 0 Å². The zero-order valence-electron chi connectivity index (χ0n) is 18.1. The number of para-hydroxylation sites is 1. The lowest BCUT2D eigenvalue weighted by Gasteiger charge is -2.22. The van der Waals surface area contributed by atoms with Crippen LogP contribution in [0.3, 0.4) is 0 Å². The first-order valence-corrected chi connectivity index (χ1v) is 11.8. The number of anilines is 2. The molecule has 2 aromatic rings. The van der Waals surface area contributed by atoms with Crippen LogP contribution in [0.4, 0.5) is 11.4 Å². The summed E-state index contributed by atoms with van der Waals surface area (Å²) in [7, 11) is -1.93. The number of sulfonamides is 1. The van der Waals surface area contributed by atoms with Crippen molar-refractivity contribution < 1.29 is 22.7 Å². The van der Waals surface area contributed by atoms with Crippen LogP contribution >= 0.6 is 0 Å². The molecule has 168 valence electrons.